The first-order valence-corrected chi connectivity index (χ1v) is 10.9. The molecule has 2 aliphatic rings. The number of hydrogen-bond acceptors (Lipinski definition) is 5. The third-order valence-corrected chi connectivity index (χ3v) is 6.05. The van der Waals surface area contributed by atoms with Crippen molar-refractivity contribution in [3.63, 3.8) is 0 Å². The number of guanidine groups is 1. The Morgan fingerprint density at radius 3 is 2.68 bits per heavy atom. The van der Waals surface area contributed by atoms with Gasteiger partial charge in [-0.05, 0) is 19.3 Å². The standard InChI is InChI=1S/C16H32N4O4S/c1-4-20(25(3,21)22)9-6-8-18-16(17-2)19-10-12-24-15(13-19)14-7-5-11-23-14/h14-15H,4-13H2,1-3H3,(H,17,18). The Bertz CT molecular complexity index is 534. The molecule has 9 heteroatoms. The summed E-state index contributed by atoms with van der Waals surface area (Å²) in [4.78, 5) is 6.56. The van der Waals surface area contributed by atoms with Gasteiger partial charge in [-0.15, -0.1) is 0 Å². The van der Waals surface area contributed by atoms with Crippen molar-refractivity contribution in [3.8, 4) is 0 Å². The van der Waals surface area contributed by atoms with E-state index in [-0.39, 0.29) is 12.2 Å². The normalized spacial score (nSPS) is 25.6. The van der Waals surface area contributed by atoms with Gasteiger partial charge < -0.3 is 19.7 Å². The molecule has 2 atom stereocenters. The molecule has 0 aromatic heterocycles. The molecule has 146 valence electrons. The summed E-state index contributed by atoms with van der Waals surface area (Å²) in [5.41, 5.74) is 0. The molecule has 0 bridgehead atoms. The van der Waals surface area contributed by atoms with Crippen LogP contribution in [0.4, 0.5) is 0 Å². The van der Waals surface area contributed by atoms with E-state index in [2.05, 4.69) is 15.2 Å². The molecule has 25 heavy (non-hydrogen) atoms. The van der Waals surface area contributed by atoms with Crippen LogP contribution in [0, 0.1) is 0 Å². The van der Waals surface area contributed by atoms with Crippen molar-refractivity contribution in [1.82, 2.24) is 14.5 Å². The highest BCUT2D eigenvalue weighted by Crippen LogP contribution is 2.21. The number of sulfonamides is 1. The molecule has 0 amide bonds. The van der Waals surface area contributed by atoms with Crippen molar-refractivity contribution in [2.24, 2.45) is 4.99 Å². The van der Waals surface area contributed by atoms with E-state index < -0.39 is 10.0 Å². The lowest BCUT2D eigenvalue weighted by Crippen LogP contribution is -2.53. The monoisotopic (exact) mass is 376 g/mol. The van der Waals surface area contributed by atoms with E-state index in [1.54, 1.807) is 7.05 Å². The Labute approximate surface area is 151 Å². The van der Waals surface area contributed by atoms with Crippen LogP contribution < -0.4 is 5.32 Å². The minimum atomic E-state index is -3.12. The molecule has 2 rings (SSSR count). The largest absolute Gasteiger partial charge is 0.375 e. The van der Waals surface area contributed by atoms with Gasteiger partial charge in [-0.1, -0.05) is 6.92 Å². The summed E-state index contributed by atoms with van der Waals surface area (Å²) < 4.78 is 36.3. The van der Waals surface area contributed by atoms with Crippen molar-refractivity contribution in [2.75, 3.05) is 59.2 Å². The van der Waals surface area contributed by atoms with Gasteiger partial charge in [-0.2, -0.15) is 0 Å². The number of hydrogen-bond donors (Lipinski definition) is 1. The first-order valence-electron chi connectivity index (χ1n) is 9.09. The topological polar surface area (TPSA) is 83.5 Å². The summed E-state index contributed by atoms with van der Waals surface area (Å²) in [5, 5.41) is 3.34. The van der Waals surface area contributed by atoms with E-state index in [0.717, 1.165) is 44.9 Å². The van der Waals surface area contributed by atoms with Gasteiger partial charge in [-0.3, -0.25) is 4.99 Å². The highest BCUT2D eigenvalue weighted by atomic mass is 32.2. The summed E-state index contributed by atoms with van der Waals surface area (Å²) in [6, 6.07) is 0. The van der Waals surface area contributed by atoms with Crippen molar-refractivity contribution < 1.29 is 17.9 Å². The van der Waals surface area contributed by atoms with Gasteiger partial charge in [0.15, 0.2) is 5.96 Å². The average Bonchev–Trinajstić information content (AvgIpc) is 3.12. The molecule has 2 aliphatic heterocycles. The Morgan fingerprint density at radius 1 is 1.32 bits per heavy atom. The summed E-state index contributed by atoms with van der Waals surface area (Å²) in [6.07, 6.45) is 4.43. The zero-order valence-corrected chi connectivity index (χ0v) is 16.4. The van der Waals surface area contributed by atoms with E-state index in [9.17, 15) is 8.42 Å². The van der Waals surface area contributed by atoms with Gasteiger partial charge in [0.1, 0.15) is 6.10 Å². The van der Waals surface area contributed by atoms with Crippen LogP contribution in [0.15, 0.2) is 4.99 Å². The fourth-order valence-corrected chi connectivity index (χ4v) is 4.26. The zero-order chi connectivity index (χ0) is 18.3. The molecule has 1 N–H and O–H groups in total. The zero-order valence-electron chi connectivity index (χ0n) is 15.6. The molecular weight excluding hydrogens is 344 g/mol. The fraction of sp³-hybridized carbons (Fsp3) is 0.938. The Kier molecular flexibility index (Phi) is 7.92. The van der Waals surface area contributed by atoms with E-state index in [4.69, 9.17) is 9.47 Å². The van der Waals surface area contributed by atoms with Gasteiger partial charge in [0.05, 0.1) is 19.0 Å². The Balaban J connectivity index is 1.77. The molecule has 0 spiro atoms. The second-order valence-electron chi connectivity index (χ2n) is 6.49. The molecular formula is C16H32N4O4S. The van der Waals surface area contributed by atoms with Gasteiger partial charge in [0.25, 0.3) is 0 Å². The molecule has 0 aromatic carbocycles. The maximum atomic E-state index is 11.6. The van der Waals surface area contributed by atoms with Gasteiger partial charge in [-0.25, -0.2) is 12.7 Å². The van der Waals surface area contributed by atoms with E-state index in [0.29, 0.717) is 26.2 Å². The molecule has 0 radical (unpaired) electrons. The third kappa shape index (κ3) is 6.09. The Morgan fingerprint density at radius 2 is 2.08 bits per heavy atom. The van der Waals surface area contributed by atoms with Crippen molar-refractivity contribution >= 4 is 16.0 Å². The van der Waals surface area contributed by atoms with E-state index >= 15 is 0 Å². The Hall–Kier alpha value is -0.900. The smallest absolute Gasteiger partial charge is 0.211 e. The molecule has 2 unspecified atom stereocenters. The third-order valence-electron chi connectivity index (χ3n) is 4.67. The molecule has 2 saturated heterocycles. The second kappa shape index (κ2) is 9.70. The van der Waals surface area contributed by atoms with Crippen LogP contribution in [-0.4, -0.2) is 95.0 Å². The van der Waals surface area contributed by atoms with Crippen LogP contribution in [0.3, 0.4) is 0 Å². The van der Waals surface area contributed by atoms with Crippen LogP contribution in [0.5, 0.6) is 0 Å². The van der Waals surface area contributed by atoms with Crippen LogP contribution >= 0.6 is 0 Å². The molecule has 0 aromatic rings. The quantitative estimate of drug-likeness (QED) is 0.386. The summed E-state index contributed by atoms with van der Waals surface area (Å²) in [5.74, 6) is 0.841. The number of ether oxygens (including phenoxy) is 2. The molecule has 0 saturated carbocycles. The minimum Gasteiger partial charge on any atom is -0.375 e. The number of aliphatic imine (C=N–C) groups is 1. The van der Waals surface area contributed by atoms with Crippen LogP contribution in [-0.2, 0) is 19.5 Å². The van der Waals surface area contributed by atoms with Crippen molar-refractivity contribution in [1.29, 1.82) is 0 Å². The predicted octanol–water partition coefficient (Wildman–Crippen LogP) is 0.113. The lowest BCUT2D eigenvalue weighted by Gasteiger charge is -2.37. The van der Waals surface area contributed by atoms with Crippen LogP contribution in [0.1, 0.15) is 26.2 Å². The summed E-state index contributed by atoms with van der Waals surface area (Å²) in [7, 11) is -1.35. The van der Waals surface area contributed by atoms with Crippen molar-refractivity contribution in [3.05, 3.63) is 0 Å². The fourth-order valence-electron chi connectivity index (χ4n) is 3.33. The first kappa shape index (κ1) is 20.4. The maximum Gasteiger partial charge on any atom is 0.211 e. The van der Waals surface area contributed by atoms with Crippen LogP contribution in [0.25, 0.3) is 0 Å². The van der Waals surface area contributed by atoms with E-state index in [1.807, 2.05) is 6.92 Å². The minimum absolute atomic E-state index is 0.0932. The number of nitrogens with zero attached hydrogens (tertiary/aromatic N) is 3. The lowest BCUT2D eigenvalue weighted by molar-refractivity contribution is -0.0816. The first-order chi connectivity index (χ1) is 12.0. The van der Waals surface area contributed by atoms with Crippen LogP contribution in [0.2, 0.25) is 0 Å². The number of rotatable bonds is 7. The highest BCUT2D eigenvalue weighted by Gasteiger charge is 2.32. The maximum absolute atomic E-state index is 11.6. The van der Waals surface area contributed by atoms with Gasteiger partial charge in [0, 0.05) is 46.4 Å². The van der Waals surface area contributed by atoms with Gasteiger partial charge >= 0.3 is 0 Å². The van der Waals surface area contributed by atoms with Crippen molar-refractivity contribution in [2.45, 2.75) is 38.4 Å². The number of morpholine rings is 1. The lowest BCUT2D eigenvalue weighted by atomic mass is 10.1. The molecule has 2 heterocycles. The molecule has 0 aliphatic carbocycles. The number of nitrogens with one attached hydrogen (secondary N) is 1. The average molecular weight is 377 g/mol. The highest BCUT2D eigenvalue weighted by molar-refractivity contribution is 7.88. The van der Waals surface area contributed by atoms with E-state index in [1.165, 1.54) is 10.6 Å². The van der Waals surface area contributed by atoms with Gasteiger partial charge in [0.2, 0.25) is 10.0 Å². The predicted molar refractivity (Wildman–Crippen MR) is 98.4 cm³/mol. The summed E-state index contributed by atoms with van der Waals surface area (Å²) in [6.45, 7) is 6.62. The SMILES string of the molecule is CCN(CCCNC(=NC)N1CCOC(C2CCCO2)C1)S(C)(=O)=O. The second-order valence-corrected chi connectivity index (χ2v) is 8.47. The summed E-state index contributed by atoms with van der Waals surface area (Å²) >= 11 is 0. The molecule has 8 nitrogen and oxygen atoms in total. The molecule has 2 fully saturated rings.